The lowest BCUT2D eigenvalue weighted by molar-refractivity contribution is 0.0759. The summed E-state index contributed by atoms with van der Waals surface area (Å²) in [6, 6.07) is 0. The zero-order valence-electron chi connectivity index (χ0n) is 12.2. The van der Waals surface area contributed by atoms with E-state index in [1.165, 1.54) is 0 Å². The molecule has 18 heavy (non-hydrogen) atoms. The first-order valence-corrected chi connectivity index (χ1v) is 6.57. The normalized spacial score (nSPS) is 13.6. The molecule has 102 valence electrons. The second-order valence-corrected chi connectivity index (χ2v) is 5.56. The van der Waals surface area contributed by atoms with Gasteiger partial charge in [-0.05, 0) is 13.8 Å². The van der Waals surface area contributed by atoms with E-state index in [0.29, 0.717) is 0 Å². The van der Waals surface area contributed by atoms with Crippen molar-refractivity contribution in [2.24, 2.45) is 0 Å². The fourth-order valence-electron chi connectivity index (χ4n) is 1.60. The Hall–Kier alpha value is -1.00. The molecule has 1 rings (SSSR count). The van der Waals surface area contributed by atoms with Gasteiger partial charge in [0.25, 0.3) is 0 Å². The fraction of sp³-hybridized carbons (Fsp3) is 0.714. The van der Waals surface area contributed by atoms with Crippen LogP contribution in [0.15, 0.2) is 12.4 Å². The number of nitrogens with zero attached hydrogens (tertiary/aromatic N) is 2. The van der Waals surface area contributed by atoms with Crippen molar-refractivity contribution in [3.8, 4) is 0 Å². The van der Waals surface area contributed by atoms with Crippen LogP contribution in [0.3, 0.4) is 0 Å². The van der Waals surface area contributed by atoms with Gasteiger partial charge in [0.2, 0.25) is 0 Å². The molecule has 1 N–H and O–H groups in total. The van der Waals surface area contributed by atoms with Crippen LogP contribution in [0.4, 0.5) is 0 Å². The van der Waals surface area contributed by atoms with E-state index in [9.17, 15) is 0 Å². The van der Waals surface area contributed by atoms with Gasteiger partial charge in [0.05, 0.1) is 6.10 Å². The molecule has 4 heteroatoms. The molecule has 0 aliphatic carbocycles. The lowest BCUT2D eigenvalue weighted by Gasteiger charge is -2.16. The summed E-state index contributed by atoms with van der Waals surface area (Å²) >= 11 is 0. The Labute approximate surface area is 110 Å². The van der Waals surface area contributed by atoms with E-state index in [1.807, 2.05) is 19.3 Å². The number of ether oxygens (including phenoxy) is 1. The Morgan fingerprint density at radius 1 is 1.28 bits per heavy atom. The smallest absolute Gasteiger partial charge is 0.133 e. The molecule has 0 aromatic carbocycles. The Balaban J connectivity index is 2.40. The van der Waals surface area contributed by atoms with Crippen molar-refractivity contribution in [1.82, 2.24) is 15.3 Å². The lowest BCUT2D eigenvalue weighted by atomic mass is 9.96. The van der Waals surface area contributed by atoms with Crippen LogP contribution in [0.5, 0.6) is 0 Å². The number of rotatable bonds is 6. The Kier molecular flexibility index (Phi) is 5.69. The highest BCUT2D eigenvalue weighted by Crippen LogP contribution is 2.16. The molecule has 0 saturated heterocycles. The predicted molar refractivity (Wildman–Crippen MR) is 73.5 cm³/mol. The molecule has 4 nitrogen and oxygen atoms in total. The van der Waals surface area contributed by atoms with E-state index < -0.39 is 0 Å². The zero-order chi connectivity index (χ0) is 13.6. The van der Waals surface area contributed by atoms with Crippen molar-refractivity contribution in [3.63, 3.8) is 0 Å². The molecule has 1 unspecified atom stereocenters. The molecule has 0 aliphatic rings. The molecule has 0 aliphatic heterocycles. The van der Waals surface area contributed by atoms with Crippen LogP contribution in [0.1, 0.15) is 46.0 Å². The standard InChI is InChI=1S/C14H25N3O/c1-6-18-11(2)7-15-8-12-9-16-13(17-10-12)14(3,4)5/h9-11,15H,6-8H2,1-5H3. The first-order valence-electron chi connectivity index (χ1n) is 6.57. The summed E-state index contributed by atoms with van der Waals surface area (Å²) in [4.78, 5) is 8.80. The van der Waals surface area contributed by atoms with Crippen molar-refractivity contribution in [2.75, 3.05) is 13.2 Å². The zero-order valence-corrected chi connectivity index (χ0v) is 12.2. The highest BCUT2D eigenvalue weighted by atomic mass is 16.5. The monoisotopic (exact) mass is 251 g/mol. The molecule has 0 amide bonds. The average molecular weight is 251 g/mol. The second kappa shape index (κ2) is 6.81. The van der Waals surface area contributed by atoms with Crippen LogP contribution in [0, 0.1) is 0 Å². The highest BCUT2D eigenvalue weighted by molar-refractivity contribution is 5.09. The van der Waals surface area contributed by atoms with E-state index in [4.69, 9.17) is 4.74 Å². The summed E-state index contributed by atoms with van der Waals surface area (Å²) in [5.41, 5.74) is 1.11. The topological polar surface area (TPSA) is 47.0 Å². The Morgan fingerprint density at radius 3 is 2.39 bits per heavy atom. The van der Waals surface area contributed by atoms with E-state index in [2.05, 4.69) is 43.0 Å². The van der Waals surface area contributed by atoms with Crippen LogP contribution < -0.4 is 5.32 Å². The molecule has 0 fully saturated rings. The number of hydrogen-bond donors (Lipinski definition) is 1. The van der Waals surface area contributed by atoms with Crippen molar-refractivity contribution in [2.45, 2.75) is 52.7 Å². The van der Waals surface area contributed by atoms with Crippen molar-refractivity contribution >= 4 is 0 Å². The number of hydrogen-bond acceptors (Lipinski definition) is 4. The fourth-order valence-corrected chi connectivity index (χ4v) is 1.60. The number of nitrogens with one attached hydrogen (secondary N) is 1. The molecule has 1 heterocycles. The van der Waals surface area contributed by atoms with Crippen LogP contribution in [-0.2, 0) is 16.7 Å². The third kappa shape index (κ3) is 5.10. The van der Waals surface area contributed by atoms with Crippen molar-refractivity contribution in [1.29, 1.82) is 0 Å². The Bertz CT molecular complexity index is 343. The van der Waals surface area contributed by atoms with Gasteiger partial charge in [0.1, 0.15) is 5.82 Å². The molecule has 0 spiro atoms. The van der Waals surface area contributed by atoms with E-state index in [0.717, 1.165) is 31.1 Å². The molecule has 1 aromatic heterocycles. The highest BCUT2D eigenvalue weighted by Gasteiger charge is 2.16. The van der Waals surface area contributed by atoms with E-state index >= 15 is 0 Å². The minimum Gasteiger partial charge on any atom is -0.377 e. The summed E-state index contributed by atoms with van der Waals surface area (Å²) in [5.74, 6) is 0.883. The quantitative estimate of drug-likeness (QED) is 0.842. The van der Waals surface area contributed by atoms with E-state index in [-0.39, 0.29) is 11.5 Å². The van der Waals surface area contributed by atoms with Crippen LogP contribution in [0.2, 0.25) is 0 Å². The van der Waals surface area contributed by atoms with Gasteiger partial charge >= 0.3 is 0 Å². The second-order valence-electron chi connectivity index (χ2n) is 5.56. The molecule has 0 saturated carbocycles. The largest absolute Gasteiger partial charge is 0.377 e. The number of aromatic nitrogens is 2. The van der Waals surface area contributed by atoms with Gasteiger partial charge in [0.15, 0.2) is 0 Å². The van der Waals surface area contributed by atoms with Gasteiger partial charge in [-0.15, -0.1) is 0 Å². The minimum absolute atomic E-state index is 0.00936. The van der Waals surface area contributed by atoms with Crippen molar-refractivity contribution in [3.05, 3.63) is 23.8 Å². The molecule has 1 atom stereocenters. The summed E-state index contributed by atoms with van der Waals surface area (Å²) in [5, 5.41) is 3.34. The summed E-state index contributed by atoms with van der Waals surface area (Å²) in [6.07, 6.45) is 4.03. The third-order valence-corrected chi connectivity index (χ3v) is 2.59. The minimum atomic E-state index is 0.00936. The third-order valence-electron chi connectivity index (χ3n) is 2.59. The SMILES string of the molecule is CCOC(C)CNCc1cnc(C(C)(C)C)nc1. The van der Waals surface area contributed by atoms with Gasteiger partial charge in [-0.25, -0.2) is 9.97 Å². The molecule has 0 bridgehead atoms. The van der Waals surface area contributed by atoms with Crippen LogP contribution in [-0.4, -0.2) is 29.2 Å². The molecular weight excluding hydrogens is 226 g/mol. The van der Waals surface area contributed by atoms with E-state index in [1.54, 1.807) is 0 Å². The van der Waals surface area contributed by atoms with Gasteiger partial charge in [-0.3, -0.25) is 0 Å². The first kappa shape index (κ1) is 15.1. The van der Waals surface area contributed by atoms with Gasteiger partial charge in [-0.1, -0.05) is 20.8 Å². The average Bonchev–Trinajstić information content (AvgIpc) is 2.29. The maximum atomic E-state index is 5.45. The first-order chi connectivity index (χ1) is 8.43. The maximum absolute atomic E-state index is 5.45. The van der Waals surface area contributed by atoms with Gasteiger partial charge in [0, 0.05) is 43.1 Å². The van der Waals surface area contributed by atoms with Crippen molar-refractivity contribution < 1.29 is 4.74 Å². The molecule has 1 aromatic rings. The van der Waals surface area contributed by atoms with Crippen LogP contribution in [0.25, 0.3) is 0 Å². The lowest BCUT2D eigenvalue weighted by Crippen LogP contribution is -2.26. The maximum Gasteiger partial charge on any atom is 0.133 e. The summed E-state index contributed by atoms with van der Waals surface area (Å²) in [6.45, 7) is 12.8. The summed E-state index contributed by atoms with van der Waals surface area (Å²) < 4.78 is 5.45. The Morgan fingerprint density at radius 2 is 1.89 bits per heavy atom. The predicted octanol–water partition coefficient (Wildman–Crippen LogP) is 2.29. The van der Waals surface area contributed by atoms with Crippen LogP contribution >= 0.6 is 0 Å². The van der Waals surface area contributed by atoms with Gasteiger partial charge < -0.3 is 10.1 Å². The summed E-state index contributed by atoms with van der Waals surface area (Å²) in [7, 11) is 0. The van der Waals surface area contributed by atoms with Gasteiger partial charge in [-0.2, -0.15) is 0 Å². The molecular formula is C14H25N3O. The molecule has 0 radical (unpaired) electrons.